The van der Waals surface area contributed by atoms with Crippen molar-refractivity contribution in [2.24, 2.45) is 5.92 Å². The first kappa shape index (κ1) is 15.8. The highest BCUT2D eigenvalue weighted by molar-refractivity contribution is 7.89. The van der Waals surface area contributed by atoms with Crippen LogP contribution in [0.1, 0.15) is 27.7 Å². The van der Waals surface area contributed by atoms with Crippen LogP contribution in [0.2, 0.25) is 5.15 Å². The fraction of sp³-hybridized carbons (Fsp3) is 0.583. The van der Waals surface area contributed by atoms with E-state index in [9.17, 15) is 8.42 Å². The zero-order chi connectivity index (χ0) is 15.1. The molecule has 0 saturated heterocycles. The van der Waals surface area contributed by atoms with Crippen molar-refractivity contribution in [3.05, 3.63) is 16.7 Å². The van der Waals surface area contributed by atoms with Crippen LogP contribution in [-0.2, 0) is 10.0 Å². The highest BCUT2D eigenvalue weighted by Crippen LogP contribution is 2.29. The molecule has 112 valence electrons. The third-order valence-corrected chi connectivity index (χ3v) is 6.05. The van der Waals surface area contributed by atoms with Crippen molar-refractivity contribution >= 4 is 37.9 Å². The smallest absolute Gasteiger partial charge is 0.262 e. The standard InChI is InChI=1S/C12H18ClN3O2S2/c1-8(2)7-16(9(3)4)20(17,18)11-10(13)14-12-15(11)5-6-19-12/h5-6,8-9H,7H2,1-4H3. The maximum atomic E-state index is 12.9. The molecule has 0 atom stereocenters. The molecule has 2 rings (SSSR count). The predicted molar refractivity (Wildman–Crippen MR) is 81.9 cm³/mol. The minimum atomic E-state index is -3.67. The molecule has 20 heavy (non-hydrogen) atoms. The van der Waals surface area contributed by atoms with E-state index in [0.717, 1.165) is 0 Å². The summed E-state index contributed by atoms with van der Waals surface area (Å²) in [5, 5.41) is 1.89. The van der Waals surface area contributed by atoms with Crippen molar-refractivity contribution in [3.8, 4) is 0 Å². The Morgan fingerprint density at radius 2 is 2.05 bits per heavy atom. The van der Waals surface area contributed by atoms with Crippen LogP contribution in [0.25, 0.3) is 4.96 Å². The molecule has 8 heteroatoms. The summed E-state index contributed by atoms with van der Waals surface area (Å²) in [6.45, 7) is 8.15. The largest absolute Gasteiger partial charge is 0.279 e. The topological polar surface area (TPSA) is 54.7 Å². The van der Waals surface area contributed by atoms with E-state index >= 15 is 0 Å². The number of nitrogens with zero attached hydrogens (tertiary/aromatic N) is 3. The molecule has 0 fully saturated rings. The van der Waals surface area contributed by atoms with Gasteiger partial charge in [0.15, 0.2) is 15.1 Å². The van der Waals surface area contributed by atoms with Crippen LogP contribution < -0.4 is 0 Å². The second-order valence-electron chi connectivity index (χ2n) is 5.33. The Morgan fingerprint density at radius 1 is 1.40 bits per heavy atom. The molecule has 2 aromatic rings. The summed E-state index contributed by atoms with van der Waals surface area (Å²) >= 11 is 7.40. The van der Waals surface area contributed by atoms with Crippen LogP contribution in [0.5, 0.6) is 0 Å². The summed E-state index contributed by atoms with van der Waals surface area (Å²) in [6.07, 6.45) is 1.68. The zero-order valence-electron chi connectivity index (χ0n) is 11.9. The van der Waals surface area contributed by atoms with Gasteiger partial charge in [0.1, 0.15) is 0 Å². The van der Waals surface area contributed by atoms with E-state index in [1.807, 2.05) is 27.7 Å². The summed E-state index contributed by atoms with van der Waals surface area (Å²) < 4.78 is 28.8. The lowest BCUT2D eigenvalue weighted by Crippen LogP contribution is -2.40. The van der Waals surface area contributed by atoms with Crippen molar-refractivity contribution in [3.63, 3.8) is 0 Å². The lowest BCUT2D eigenvalue weighted by atomic mass is 10.2. The van der Waals surface area contributed by atoms with E-state index < -0.39 is 10.0 Å². The van der Waals surface area contributed by atoms with Crippen LogP contribution in [0.4, 0.5) is 0 Å². The monoisotopic (exact) mass is 335 g/mol. The summed E-state index contributed by atoms with van der Waals surface area (Å²) in [5.41, 5.74) is 0. The molecule has 0 aliphatic heterocycles. The lowest BCUT2D eigenvalue weighted by molar-refractivity contribution is 0.317. The molecule has 0 bridgehead atoms. The Hall–Kier alpha value is -0.630. The quantitative estimate of drug-likeness (QED) is 0.843. The van der Waals surface area contributed by atoms with Gasteiger partial charge in [-0.25, -0.2) is 13.4 Å². The van der Waals surface area contributed by atoms with Crippen LogP contribution in [0.15, 0.2) is 16.6 Å². The first-order valence-electron chi connectivity index (χ1n) is 6.38. The van der Waals surface area contributed by atoms with Crippen LogP contribution in [0.3, 0.4) is 0 Å². The molecule has 2 aromatic heterocycles. The molecule has 0 aliphatic carbocycles. The number of halogens is 1. The molecule has 0 aliphatic rings. The highest BCUT2D eigenvalue weighted by atomic mass is 35.5. The van der Waals surface area contributed by atoms with E-state index in [0.29, 0.717) is 11.5 Å². The second-order valence-corrected chi connectivity index (χ2v) is 8.36. The predicted octanol–water partition coefficient (Wildman–Crippen LogP) is 3.10. The number of imidazole rings is 1. The molecular formula is C12H18ClN3O2S2. The number of hydrogen-bond acceptors (Lipinski definition) is 4. The summed E-state index contributed by atoms with van der Waals surface area (Å²) in [7, 11) is -3.67. The first-order valence-corrected chi connectivity index (χ1v) is 9.07. The Morgan fingerprint density at radius 3 is 2.60 bits per heavy atom. The minimum absolute atomic E-state index is 0.0336. The normalized spacial score (nSPS) is 13.2. The van der Waals surface area contributed by atoms with Crippen LogP contribution in [-0.4, -0.2) is 34.7 Å². The lowest BCUT2D eigenvalue weighted by Gasteiger charge is -2.27. The average molecular weight is 336 g/mol. The number of fused-ring (bicyclic) bond motifs is 1. The summed E-state index contributed by atoms with van der Waals surface area (Å²) in [5.74, 6) is 0.233. The number of thiazole rings is 1. The van der Waals surface area contributed by atoms with Crippen LogP contribution in [0, 0.1) is 5.92 Å². The van der Waals surface area contributed by atoms with Gasteiger partial charge in [-0.1, -0.05) is 25.4 Å². The fourth-order valence-corrected chi connectivity index (χ4v) is 5.24. The fourth-order valence-electron chi connectivity index (χ4n) is 2.03. The average Bonchev–Trinajstić information content (AvgIpc) is 2.83. The zero-order valence-corrected chi connectivity index (χ0v) is 14.3. The van der Waals surface area contributed by atoms with Crippen molar-refractivity contribution < 1.29 is 8.42 Å². The Balaban J connectivity index is 2.57. The molecule has 0 saturated carbocycles. The SMILES string of the molecule is CC(C)CN(C(C)C)S(=O)(=O)c1c(Cl)nc2sccn12. The number of aromatic nitrogens is 2. The molecule has 0 N–H and O–H groups in total. The molecule has 0 unspecified atom stereocenters. The summed E-state index contributed by atoms with van der Waals surface area (Å²) in [6, 6.07) is -0.136. The maximum Gasteiger partial charge on any atom is 0.262 e. The Bertz CT molecular complexity index is 703. The Labute approximate surface area is 128 Å². The van der Waals surface area contributed by atoms with Gasteiger partial charge in [0.2, 0.25) is 0 Å². The van der Waals surface area contributed by atoms with Gasteiger partial charge in [-0.3, -0.25) is 4.40 Å². The molecule has 0 amide bonds. The van der Waals surface area contributed by atoms with E-state index in [4.69, 9.17) is 11.6 Å². The molecule has 0 spiro atoms. The van der Waals surface area contributed by atoms with Crippen molar-refractivity contribution in [1.29, 1.82) is 0 Å². The van der Waals surface area contributed by atoms with Crippen molar-refractivity contribution in [2.75, 3.05) is 6.54 Å². The minimum Gasteiger partial charge on any atom is -0.279 e. The number of sulfonamides is 1. The van der Waals surface area contributed by atoms with Gasteiger partial charge >= 0.3 is 0 Å². The first-order chi connectivity index (χ1) is 9.25. The van der Waals surface area contributed by atoms with Gasteiger partial charge in [-0.2, -0.15) is 4.31 Å². The molecule has 2 heterocycles. The van der Waals surface area contributed by atoms with Gasteiger partial charge < -0.3 is 0 Å². The van der Waals surface area contributed by atoms with Gasteiger partial charge in [0, 0.05) is 24.2 Å². The van der Waals surface area contributed by atoms with Crippen LogP contribution >= 0.6 is 22.9 Å². The van der Waals surface area contributed by atoms with Gasteiger partial charge in [0.25, 0.3) is 10.0 Å². The number of rotatable bonds is 5. The van der Waals surface area contributed by atoms with E-state index in [1.165, 1.54) is 20.0 Å². The molecule has 0 aromatic carbocycles. The van der Waals surface area contributed by atoms with Crippen molar-refractivity contribution in [2.45, 2.75) is 38.8 Å². The third kappa shape index (κ3) is 2.72. The molecule has 5 nitrogen and oxygen atoms in total. The summed E-state index contributed by atoms with van der Waals surface area (Å²) in [4.78, 5) is 4.69. The van der Waals surface area contributed by atoms with E-state index in [2.05, 4.69) is 4.98 Å². The van der Waals surface area contributed by atoms with E-state index in [-0.39, 0.29) is 22.1 Å². The van der Waals surface area contributed by atoms with Gasteiger partial charge in [0.05, 0.1) is 0 Å². The Kier molecular flexibility index (Phi) is 4.44. The highest BCUT2D eigenvalue weighted by Gasteiger charge is 2.33. The van der Waals surface area contributed by atoms with Crippen molar-refractivity contribution in [1.82, 2.24) is 13.7 Å². The van der Waals surface area contributed by atoms with Gasteiger partial charge in [-0.15, -0.1) is 11.3 Å². The van der Waals surface area contributed by atoms with Gasteiger partial charge in [-0.05, 0) is 19.8 Å². The molecule has 0 radical (unpaired) electrons. The molecular weight excluding hydrogens is 318 g/mol. The maximum absolute atomic E-state index is 12.9. The second kappa shape index (κ2) is 5.63. The third-order valence-electron chi connectivity index (χ3n) is 2.85. The number of hydrogen-bond donors (Lipinski definition) is 0. The van der Waals surface area contributed by atoms with E-state index in [1.54, 1.807) is 11.6 Å².